The van der Waals surface area contributed by atoms with E-state index in [0.29, 0.717) is 11.5 Å². The molecule has 1 aromatic carbocycles. The fraction of sp³-hybridized carbons (Fsp3) is 0.455. The molecule has 17 heavy (non-hydrogen) atoms. The lowest BCUT2D eigenvalue weighted by Gasteiger charge is -2.14. The quantitative estimate of drug-likeness (QED) is 0.628. The van der Waals surface area contributed by atoms with Crippen molar-refractivity contribution in [1.82, 2.24) is 0 Å². The largest absolute Gasteiger partial charge is 0.493 e. The highest BCUT2D eigenvalue weighted by molar-refractivity contribution is 5.54. The van der Waals surface area contributed by atoms with Gasteiger partial charge < -0.3 is 14.6 Å². The fourth-order valence-electron chi connectivity index (χ4n) is 1.39. The molecule has 0 bridgehead atoms. The first-order valence-electron chi connectivity index (χ1n) is 5.12. The predicted molar refractivity (Wildman–Crippen MR) is 61.3 cm³/mol. The maximum absolute atomic E-state index is 10.8. The fourth-order valence-corrected chi connectivity index (χ4v) is 1.39. The molecule has 0 aliphatic heterocycles. The lowest BCUT2D eigenvalue weighted by atomic mass is 10.1. The van der Waals surface area contributed by atoms with E-state index < -0.39 is 11.5 Å². The van der Waals surface area contributed by atoms with Gasteiger partial charge in [0.15, 0.2) is 11.5 Å². The first kappa shape index (κ1) is 13.2. The zero-order valence-electron chi connectivity index (χ0n) is 9.97. The van der Waals surface area contributed by atoms with Crippen LogP contribution in [0.15, 0.2) is 12.1 Å². The molecule has 0 aliphatic carbocycles. The summed E-state index contributed by atoms with van der Waals surface area (Å²) in [5.74, 6) is 0.666. The van der Waals surface area contributed by atoms with Crippen molar-refractivity contribution >= 4 is 5.69 Å². The molecule has 0 saturated carbocycles. The van der Waals surface area contributed by atoms with Crippen molar-refractivity contribution in [2.45, 2.75) is 26.6 Å². The van der Waals surface area contributed by atoms with Crippen molar-refractivity contribution in [3.05, 3.63) is 27.8 Å². The van der Waals surface area contributed by atoms with E-state index in [9.17, 15) is 10.1 Å². The van der Waals surface area contributed by atoms with Crippen LogP contribution in [-0.4, -0.2) is 23.2 Å². The SMILES string of the molecule is COc1cc(CO)c([N+](=O)[O-])cc1OC(C)C. The summed E-state index contributed by atoms with van der Waals surface area (Å²) in [5, 5.41) is 19.9. The summed E-state index contributed by atoms with van der Waals surface area (Å²) in [6, 6.07) is 2.68. The molecule has 0 aliphatic rings. The van der Waals surface area contributed by atoms with Crippen LogP contribution in [0.4, 0.5) is 5.69 Å². The average molecular weight is 241 g/mol. The van der Waals surface area contributed by atoms with E-state index in [1.54, 1.807) is 0 Å². The van der Waals surface area contributed by atoms with E-state index in [2.05, 4.69) is 0 Å². The second-order valence-corrected chi connectivity index (χ2v) is 3.71. The second kappa shape index (κ2) is 5.49. The van der Waals surface area contributed by atoms with Gasteiger partial charge in [0.1, 0.15) is 0 Å². The number of benzene rings is 1. The molecule has 0 heterocycles. The van der Waals surface area contributed by atoms with Gasteiger partial charge in [-0.15, -0.1) is 0 Å². The van der Waals surface area contributed by atoms with Crippen LogP contribution in [0.2, 0.25) is 0 Å². The number of nitro groups is 1. The molecule has 6 heteroatoms. The molecule has 1 N–H and O–H groups in total. The molecule has 0 fully saturated rings. The Balaban J connectivity index is 3.28. The lowest BCUT2D eigenvalue weighted by Crippen LogP contribution is -2.08. The summed E-state index contributed by atoms with van der Waals surface area (Å²) < 4.78 is 10.5. The van der Waals surface area contributed by atoms with Crippen LogP contribution < -0.4 is 9.47 Å². The molecule has 0 radical (unpaired) electrons. The third-order valence-electron chi connectivity index (χ3n) is 2.09. The maximum Gasteiger partial charge on any atom is 0.278 e. The third-order valence-corrected chi connectivity index (χ3v) is 2.09. The average Bonchev–Trinajstić information content (AvgIpc) is 2.27. The molecule has 0 spiro atoms. The highest BCUT2D eigenvalue weighted by Gasteiger charge is 2.19. The third kappa shape index (κ3) is 3.07. The van der Waals surface area contributed by atoms with Crippen LogP contribution in [0.5, 0.6) is 11.5 Å². The highest BCUT2D eigenvalue weighted by atomic mass is 16.6. The van der Waals surface area contributed by atoms with Crippen molar-refractivity contribution in [2.75, 3.05) is 7.11 Å². The zero-order chi connectivity index (χ0) is 13.0. The summed E-state index contributed by atoms with van der Waals surface area (Å²) in [6.07, 6.45) is -0.122. The Bertz CT molecular complexity index is 417. The van der Waals surface area contributed by atoms with Gasteiger partial charge in [0.05, 0.1) is 36.4 Å². The minimum Gasteiger partial charge on any atom is -0.493 e. The molecule has 0 unspecified atom stereocenters. The zero-order valence-corrected chi connectivity index (χ0v) is 9.97. The van der Waals surface area contributed by atoms with Gasteiger partial charge in [0.2, 0.25) is 0 Å². The number of methoxy groups -OCH3 is 1. The van der Waals surface area contributed by atoms with Crippen molar-refractivity contribution in [1.29, 1.82) is 0 Å². The van der Waals surface area contributed by atoms with Gasteiger partial charge in [-0.3, -0.25) is 10.1 Å². The first-order chi connectivity index (χ1) is 7.99. The molecule has 0 aromatic heterocycles. The van der Waals surface area contributed by atoms with E-state index in [1.165, 1.54) is 19.2 Å². The highest BCUT2D eigenvalue weighted by Crippen LogP contribution is 2.35. The van der Waals surface area contributed by atoms with E-state index in [4.69, 9.17) is 14.6 Å². The number of hydrogen-bond acceptors (Lipinski definition) is 5. The van der Waals surface area contributed by atoms with Crippen LogP contribution in [0.3, 0.4) is 0 Å². The Kier molecular flexibility index (Phi) is 4.28. The van der Waals surface area contributed by atoms with Crippen molar-refractivity contribution in [3.63, 3.8) is 0 Å². The van der Waals surface area contributed by atoms with Crippen LogP contribution in [0.25, 0.3) is 0 Å². The number of hydrogen-bond donors (Lipinski definition) is 1. The maximum atomic E-state index is 10.8. The van der Waals surface area contributed by atoms with Crippen LogP contribution >= 0.6 is 0 Å². The minimum absolute atomic E-state index is 0.122. The van der Waals surface area contributed by atoms with Crippen molar-refractivity contribution in [2.24, 2.45) is 0 Å². The van der Waals surface area contributed by atoms with Crippen LogP contribution in [0, 0.1) is 10.1 Å². The second-order valence-electron chi connectivity index (χ2n) is 3.71. The normalized spacial score (nSPS) is 10.4. The first-order valence-corrected chi connectivity index (χ1v) is 5.12. The standard InChI is InChI=1S/C11H15NO5/c1-7(2)17-11-5-9(12(14)15)8(6-13)4-10(11)16-3/h4-5,7,13H,6H2,1-3H3. The monoisotopic (exact) mass is 241 g/mol. The van der Waals surface area contributed by atoms with E-state index in [-0.39, 0.29) is 17.4 Å². The van der Waals surface area contributed by atoms with Gasteiger partial charge in [-0.2, -0.15) is 0 Å². The Morgan fingerprint density at radius 3 is 2.47 bits per heavy atom. The van der Waals surface area contributed by atoms with Crippen molar-refractivity contribution in [3.8, 4) is 11.5 Å². The van der Waals surface area contributed by atoms with Gasteiger partial charge in [-0.1, -0.05) is 0 Å². The number of ether oxygens (including phenoxy) is 2. The lowest BCUT2D eigenvalue weighted by molar-refractivity contribution is -0.386. The predicted octanol–water partition coefficient (Wildman–Crippen LogP) is 1.88. The van der Waals surface area contributed by atoms with Gasteiger partial charge in [-0.25, -0.2) is 0 Å². The van der Waals surface area contributed by atoms with Crippen LogP contribution in [0.1, 0.15) is 19.4 Å². The molecule has 0 saturated heterocycles. The molecule has 0 amide bonds. The number of aliphatic hydroxyl groups is 1. The van der Waals surface area contributed by atoms with Gasteiger partial charge in [-0.05, 0) is 19.9 Å². The van der Waals surface area contributed by atoms with E-state index >= 15 is 0 Å². The Labute approximate surface area is 98.9 Å². The minimum atomic E-state index is -0.557. The summed E-state index contributed by atoms with van der Waals surface area (Å²) in [5.41, 5.74) is 0.0203. The van der Waals surface area contributed by atoms with Gasteiger partial charge in [0, 0.05) is 0 Å². The summed E-state index contributed by atoms with van der Waals surface area (Å²) >= 11 is 0. The molecule has 0 atom stereocenters. The molecular weight excluding hydrogens is 226 g/mol. The number of rotatable bonds is 5. The van der Waals surface area contributed by atoms with Crippen LogP contribution in [-0.2, 0) is 6.61 Å². The summed E-state index contributed by atoms with van der Waals surface area (Å²) in [7, 11) is 1.44. The number of nitrogens with zero attached hydrogens (tertiary/aromatic N) is 1. The molecule has 1 aromatic rings. The smallest absolute Gasteiger partial charge is 0.278 e. The number of aliphatic hydroxyl groups excluding tert-OH is 1. The van der Waals surface area contributed by atoms with Gasteiger partial charge >= 0.3 is 0 Å². The van der Waals surface area contributed by atoms with Crippen molar-refractivity contribution < 1.29 is 19.5 Å². The molecule has 94 valence electrons. The molecule has 6 nitrogen and oxygen atoms in total. The Hall–Kier alpha value is -1.82. The summed E-state index contributed by atoms with van der Waals surface area (Å²) in [6.45, 7) is 3.20. The summed E-state index contributed by atoms with van der Waals surface area (Å²) in [4.78, 5) is 10.3. The van der Waals surface area contributed by atoms with Gasteiger partial charge in [0.25, 0.3) is 5.69 Å². The number of nitro benzene ring substituents is 1. The van der Waals surface area contributed by atoms with E-state index in [0.717, 1.165) is 0 Å². The Morgan fingerprint density at radius 2 is 2.06 bits per heavy atom. The molecular formula is C11H15NO5. The molecule has 1 rings (SSSR count). The van der Waals surface area contributed by atoms with E-state index in [1.807, 2.05) is 13.8 Å². The topological polar surface area (TPSA) is 81.8 Å². The Morgan fingerprint density at radius 1 is 1.41 bits per heavy atom.